The molecule has 160 valence electrons. The van der Waals surface area contributed by atoms with Crippen LogP contribution in [0.4, 0.5) is 5.69 Å². The van der Waals surface area contributed by atoms with Gasteiger partial charge in [0.1, 0.15) is 0 Å². The summed E-state index contributed by atoms with van der Waals surface area (Å²) >= 11 is 0. The van der Waals surface area contributed by atoms with E-state index in [-0.39, 0.29) is 24.3 Å². The molecule has 0 radical (unpaired) electrons. The molecule has 2 aromatic rings. The molecule has 2 aromatic carbocycles. The molecule has 2 amide bonds. The number of carbonyl (C=O) groups is 2. The van der Waals surface area contributed by atoms with Crippen LogP contribution in [0.25, 0.3) is 0 Å². The van der Waals surface area contributed by atoms with Crippen molar-refractivity contribution in [3.05, 3.63) is 65.2 Å². The van der Waals surface area contributed by atoms with Crippen molar-refractivity contribution in [2.75, 3.05) is 38.2 Å². The average Bonchev–Trinajstić information content (AvgIpc) is 2.74. The van der Waals surface area contributed by atoms with Gasteiger partial charge in [0.2, 0.25) is 11.8 Å². The molecule has 1 aliphatic rings. The lowest BCUT2D eigenvalue weighted by Crippen LogP contribution is -2.37. The topological polar surface area (TPSA) is 70.7 Å². The highest BCUT2D eigenvalue weighted by molar-refractivity contribution is 5.91. The molecule has 2 N–H and O–H groups in total. The van der Waals surface area contributed by atoms with Gasteiger partial charge < -0.3 is 15.4 Å². The molecule has 0 spiro atoms. The SMILES string of the molecule is CC(=O)NC(CC(=O)Nc1ccc(CCN2CCOCC2)cc1)c1ccc(C)cc1. The van der Waals surface area contributed by atoms with Gasteiger partial charge in [-0.2, -0.15) is 0 Å². The lowest BCUT2D eigenvalue weighted by Gasteiger charge is -2.26. The molecule has 3 rings (SSSR count). The van der Waals surface area contributed by atoms with Crippen molar-refractivity contribution in [2.45, 2.75) is 32.7 Å². The van der Waals surface area contributed by atoms with Crippen LogP contribution in [0, 0.1) is 6.92 Å². The first-order chi connectivity index (χ1) is 14.5. The van der Waals surface area contributed by atoms with Crippen molar-refractivity contribution >= 4 is 17.5 Å². The Morgan fingerprint density at radius 1 is 1.03 bits per heavy atom. The predicted molar refractivity (Wildman–Crippen MR) is 118 cm³/mol. The summed E-state index contributed by atoms with van der Waals surface area (Å²) in [6.07, 6.45) is 1.16. The second-order valence-corrected chi connectivity index (χ2v) is 7.82. The van der Waals surface area contributed by atoms with Crippen LogP contribution in [0.2, 0.25) is 0 Å². The third kappa shape index (κ3) is 6.97. The molecule has 0 aliphatic carbocycles. The maximum absolute atomic E-state index is 12.6. The number of nitrogens with zero attached hydrogens (tertiary/aromatic N) is 1. The lowest BCUT2D eigenvalue weighted by molar-refractivity contribution is -0.120. The van der Waals surface area contributed by atoms with Crippen LogP contribution in [-0.4, -0.2) is 49.6 Å². The maximum Gasteiger partial charge on any atom is 0.226 e. The molecule has 1 aliphatic heterocycles. The van der Waals surface area contributed by atoms with E-state index in [2.05, 4.69) is 27.7 Å². The van der Waals surface area contributed by atoms with Gasteiger partial charge in [0.15, 0.2) is 0 Å². The van der Waals surface area contributed by atoms with Gasteiger partial charge in [-0.3, -0.25) is 14.5 Å². The van der Waals surface area contributed by atoms with Gasteiger partial charge >= 0.3 is 0 Å². The van der Waals surface area contributed by atoms with Crippen molar-refractivity contribution in [3.63, 3.8) is 0 Å². The number of hydrogen-bond donors (Lipinski definition) is 2. The fraction of sp³-hybridized carbons (Fsp3) is 0.417. The van der Waals surface area contributed by atoms with Gasteiger partial charge in [0.05, 0.1) is 25.7 Å². The van der Waals surface area contributed by atoms with Crippen LogP contribution in [0.1, 0.15) is 36.1 Å². The largest absolute Gasteiger partial charge is 0.379 e. The van der Waals surface area contributed by atoms with Crippen molar-refractivity contribution in [1.82, 2.24) is 10.2 Å². The van der Waals surface area contributed by atoms with E-state index in [9.17, 15) is 9.59 Å². The Kier molecular flexibility index (Phi) is 7.99. The highest BCUT2D eigenvalue weighted by atomic mass is 16.5. The zero-order chi connectivity index (χ0) is 21.3. The van der Waals surface area contributed by atoms with Gasteiger partial charge in [0.25, 0.3) is 0 Å². The third-order valence-electron chi connectivity index (χ3n) is 5.30. The van der Waals surface area contributed by atoms with Crippen LogP contribution in [0.3, 0.4) is 0 Å². The smallest absolute Gasteiger partial charge is 0.226 e. The van der Waals surface area contributed by atoms with E-state index in [4.69, 9.17) is 4.74 Å². The van der Waals surface area contributed by atoms with Gasteiger partial charge in [-0.05, 0) is 36.6 Å². The molecule has 0 aromatic heterocycles. The van der Waals surface area contributed by atoms with Crippen molar-refractivity contribution < 1.29 is 14.3 Å². The van der Waals surface area contributed by atoms with Gasteiger partial charge in [-0.15, -0.1) is 0 Å². The molecular formula is C24H31N3O3. The second kappa shape index (κ2) is 10.9. The fourth-order valence-electron chi connectivity index (χ4n) is 3.56. The number of anilines is 1. The van der Waals surface area contributed by atoms with Gasteiger partial charge in [0, 0.05) is 32.2 Å². The van der Waals surface area contributed by atoms with E-state index < -0.39 is 0 Å². The van der Waals surface area contributed by atoms with Gasteiger partial charge in [-0.1, -0.05) is 42.0 Å². The molecule has 0 saturated carbocycles. The summed E-state index contributed by atoms with van der Waals surface area (Å²) in [5.41, 5.74) is 4.07. The molecule has 6 heteroatoms. The predicted octanol–water partition coefficient (Wildman–Crippen LogP) is 3.08. The van der Waals surface area contributed by atoms with Crippen molar-refractivity contribution in [2.24, 2.45) is 0 Å². The molecule has 1 heterocycles. The summed E-state index contributed by atoms with van der Waals surface area (Å²) in [7, 11) is 0. The standard InChI is InChI=1S/C24H31N3O3/c1-18-3-7-21(8-4-18)23(25-19(2)28)17-24(29)26-22-9-5-20(6-10-22)11-12-27-13-15-30-16-14-27/h3-10,23H,11-17H2,1-2H3,(H,25,28)(H,26,29). The first kappa shape index (κ1) is 22.0. The normalized spacial score (nSPS) is 15.4. The minimum absolute atomic E-state index is 0.129. The number of aryl methyl sites for hydroxylation is 1. The summed E-state index contributed by atoms with van der Waals surface area (Å²) in [5, 5.41) is 5.82. The highest BCUT2D eigenvalue weighted by Gasteiger charge is 2.17. The summed E-state index contributed by atoms with van der Waals surface area (Å²) in [6, 6.07) is 15.5. The van der Waals surface area contributed by atoms with Crippen LogP contribution < -0.4 is 10.6 Å². The number of benzene rings is 2. The van der Waals surface area contributed by atoms with Crippen LogP contribution in [-0.2, 0) is 20.7 Å². The minimum Gasteiger partial charge on any atom is -0.379 e. The van der Waals surface area contributed by atoms with Crippen LogP contribution in [0.15, 0.2) is 48.5 Å². The fourth-order valence-corrected chi connectivity index (χ4v) is 3.56. The molecule has 6 nitrogen and oxygen atoms in total. The Morgan fingerprint density at radius 2 is 1.70 bits per heavy atom. The number of morpholine rings is 1. The average molecular weight is 410 g/mol. The van der Waals surface area contributed by atoms with E-state index in [0.29, 0.717) is 0 Å². The summed E-state index contributed by atoms with van der Waals surface area (Å²) < 4.78 is 5.38. The maximum atomic E-state index is 12.6. The monoisotopic (exact) mass is 409 g/mol. The zero-order valence-corrected chi connectivity index (χ0v) is 17.8. The Balaban J connectivity index is 1.53. The number of ether oxygens (including phenoxy) is 1. The molecule has 0 bridgehead atoms. The van der Waals surface area contributed by atoms with E-state index in [0.717, 1.165) is 56.1 Å². The van der Waals surface area contributed by atoms with Crippen molar-refractivity contribution in [1.29, 1.82) is 0 Å². The van der Waals surface area contributed by atoms with E-state index >= 15 is 0 Å². The summed E-state index contributed by atoms with van der Waals surface area (Å²) in [4.78, 5) is 26.6. The molecule has 1 atom stereocenters. The van der Waals surface area contributed by atoms with Gasteiger partial charge in [-0.25, -0.2) is 0 Å². The Hall–Kier alpha value is -2.70. The number of carbonyl (C=O) groups excluding carboxylic acids is 2. The first-order valence-corrected chi connectivity index (χ1v) is 10.5. The van der Waals surface area contributed by atoms with Crippen LogP contribution in [0.5, 0.6) is 0 Å². The number of amides is 2. The summed E-state index contributed by atoms with van der Waals surface area (Å²) in [5.74, 6) is -0.284. The first-order valence-electron chi connectivity index (χ1n) is 10.5. The number of nitrogens with one attached hydrogen (secondary N) is 2. The Bertz CT molecular complexity index is 828. The van der Waals surface area contributed by atoms with Crippen molar-refractivity contribution in [3.8, 4) is 0 Å². The number of rotatable bonds is 8. The molecular weight excluding hydrogens is 378 g/mol. The summed E-state index contributed by atoms with van der Waals surface area (Å²) in [6.45, 7) is 8.10. The molecule has 1 unspecified atom stereocenters. The van der Waals surface area contributed by atoms with Crippen LogP contribution >= 0.6 is 0 Å². The quantitative estimate of drug-likeness (QED) is 0.703. The van der Waals surface area contributed by atoms with E-state index in [1.54, 1.807) is 0 Å². The molecule has 30 heavy (non-hydrogen) atoms. The molecule has 1 fully saturated rings. The Morgan fingerprint density at radius 3 is 2.33 bits per heavy atom. The highest BCUT2D eigenvalue weighted by Crippen LogP contribution is 2.19. The lowest BCUT2D eigenvalue weighted by atomic mass is 10.0. The molecule has 1 saturated heterocycles. The zero-order valence-electron chi connectivity index (χ0n) is 17.8. The third-order valence-corrected chi connectivity index (χ3v) is 5.30. The number of hydrogen-bond acceptors (Lipinski definition) is 4. The van der Waals surface area contributed by atoms with E-state index in [1.807, 2.05) is 43.3 Å². The van der Waals surface area contributed by atoms with E-state index in [1.165, 1.54) is 12.5 Å². The second-order valence-electron chi connectivity index (χ2n) is 7.82. The Labute approximate surface area is 178 Å². The minimum atomic E-state index is -0.351.